The number of nitrogen functional groups attached to an aromatic ring is 1. The lowest BCUT2D eigenvalue weighted by Crippen LogP contribution is -2.17. The second-order valence-corrected chi connectivity index (χ2v) is 6.25. The Kier molecular flexibility index (Phi) is 4.21. The van der Waals surface area contributed by atoms with E-state index in [9.17, 15) is 8.42 Å². The first-order chi connectivity index (χ1) is 7.10. The van der Waals surface area contributed by atoms with E-state index in [1.807, 2.05) is 0 Å². The van der Waals surface area contributed by atoms with Gasteiger partial charge in [-0.1, -0.05) is 18.9 Å². The van der Waals surface area contributed by atoms with Gasteiger partial charge in [0.15, 0.2) is 9.84 Å². The number of anilines is 1. The Labute approximate surface area is 102 Å². The van der Waals surface area contributed by atoms with E-state index in [-0.39, 0.29) is 17.7 Å². The Morgan fingerprint density at radius 3 is 2.38 bits per heavy atom. The maximum atomic E-state index is 12.1. The van der Waals surface area contributed by atoms with Gasteiger partial charge in [0.2, 0.25) is 0 Å². The fourth-order valence-corrected chi connectivity index (χ4v) is 3.99. The lowest BCUT2D eigenvalue weighted by Gasteiger charge is -2.11. The molecular formula is C11H16ClNO2S. The van der Waals surface area contributed by atoms with E-state index in [1.54, 1.807) is 24.3 Å². The van der Waals surface area contributed by atoms with Gasteiger partial charge in [-0.15, -0.1) is 12.4 Å². The SMILES string of the molecule is Cl.Nc1cccc(S(=O)(=O)C2CCCC2)c1. The van der Waals surface area contributed by atoms with Gasteiger partial charge >= 0.3 is 0 Å². The molecule has 0 atom stereocenters. The number of halogens is 1. The molecule has 0 spiro atoms. The van der Waals surface area contributed by atoms with E-state index in [2.05, 4.69) is 0 Å². The van der Waals surface area contributed by atoms with Crippen LogP contribution in [0.5, 0.6) is 0 Å². The van der Waals surface area contributed by atoms with Gasteiger partial charge in [-0.25, -0.2) is 8.42 Å². The number of rotatable bonds is 2. The third-order valence-corrected chi connectivity index (χ3v) is 5.19. The zero-order valence-corrected chi connectivity index (χ0v) is 10.6. The minimum absolute atomic E-state index is 0. The van der Waals surface area contributed by atoms with Gasteiger partial charge < -0.3 is 5.73 Å². The van der Waals surface area contributed by atoms with Gasteiger partial charge in [-0.05, 0) is 31.0 Å². The maximum absolute atomic E-state index is 12.1. The number of hydrogen-bond acceptors (Lipinski definition) is 3. The molecule has 5 heteroatoms. The molecule has 1 aromatic rings. The van der Waals surface area contributed by atoms with Crippen LogP contribution in [-0.2, 0) is 9.84 Å². The van der Waals surface area contributed by atoms with Crippen molar-refractivity contribution in [2.24, 2.45) is 0 Å². The molecule has 3 nitrogen and oxygen atoms in total. The lowest BCUT2D eigenvalue weighted by molar-refractivity contribution is 0.579. The quantitative estimate of drug-likeness (QED) is 0.832. The summed E-state index contributed by atoms with van der Waals surface area (Å²) in [6.45, 7) is 0. The van der Waals surface area contributed by atoms with Crippen LogP contribution < -0.4 is 5.73 Å². The first-order valence-corrected chi connectivity index (χ1v) is 6.75. The molecule has 0 bridgehead atoms. The smallest absolute Gasteiger partial charge is 0.181 e. The van der Waals surface area contributed by atoms with Crippen LogP contribution in [-0.4, -0.2) is 13.7 Å². The van der Waals surface area contributed by atoms with Gasteiger partial charge in [-0.2, -0.15) is 0 Å². The van der Waals surface area contributed by atoms with Crippen molar-refractivity contribution in [3.63, 3.8) is 0 Å². The molecule has 0 aromatic heterocycles. The average Bonchev–Trinajstić information content (AvgIpc) is 2.71. The fourth-order valence-electron chi connectivity index (χ4n) is 2.08. The van der Waals surface area contributed by atoms with Gasteiger partial charge in [-0.3, -0.25) is 0 Å². The van der Waals surface area contributed by atoms with E-state index < -0.39 is 9.84 Å². The predicted octanol–water partition coefficient (Wildman–Crippen LogP) is 2.41. The van der Waals surface area contributed by atoms with E-state index in [0.717, 1.165) is 25.7 Å². The number of sulfone groups is 1. The third-order valence-electron chi connectivity index (χ3n) is 2.93. The van der Waals surface area contributed by atoms with Crippen molar-refractivity contribution in [3.8, 4) is 0 Å². The highest BCUT2D eigenvalue weighted by molar-refractivity contribution is 7.92. The standard InChI is InChI=1S/C11H15NO2S.ClH/c12-9-4-3-7-11(8-9)15(13,14)10-5-1-2-6-10;/h3-4,7-8,10H,1-2,5-6,12H2;1H. The molecule has 0 radical (unpaired) electrons. The van der Waals surface area contributed by atoms with Crippen molar-refractivity contribution >= 4 is 27.9 Å². The van der Waals surface area contributed by atoms with Gasteiger partial charge in [0.25, 0.3) is 0 Å². The zero-order valence-electron chi connectivity index (χ0n) is 8.93. The van der Waals surface area contributed by atoms with E-state index in [1.165, 1.54) is 0 Å². The van der Waals surface area contributed by atoms with Gasteiger partial charge in [0, 0.05) is 5.69 Å². The Bertz CT molecular complexity index is 453. The van der Waals surface area contributed by atoms with E-state index in [4.69, 9.17) is 5.73 Å². The minimum Gasteiger partial charge on any atom is -0.399 e. The molecular weight excluding hydrogens is 246 g/mol. The summed E-state index contributed by atoms with van der Waals surface area (Å²) in [7, 11) is -3.14. The molecule has 0 amide bonds. The van der Waals surface area contributed by atoms with Gasteiger partial charge in [0.05, 0.1) is 10.1 Å². The molecule has 0 saturated heterocycles. The molecule has 0 heterocycles. The van der Waals surface area contributed by atoms with Crippen LogP contribution in [0.15, 0.2) is 29.2 Å². The van der Waals surface area contributed by atoms with Crippen molar-refractivity contribution in [2.75, 3.05) is 5.73 Å². The molecule has 0 unspecified atom stereocenters. The summed E-state index contributed by atoms with van der Waals surface area (Å²) in [6.07, 6.45) is 3.62. The molecule has 1 saturated carbocycles. The lowest BCUT2D eigenvalue weighted by atomic mass is 10.3. The number of nitrogens with two attached hydrogens (primary N) is 1. The molecule has 0 aliphatic heterocycles. The van der Waals surface area contributed by atoms with Crippen LogP contribution in [0.3, 0.4) is 0 Å². The van der Waals surface area contributed by atoms with Gasteiger partial charge in [0.1, 0.15) is 0 Å². The Hall–Kier alpha value is -0.740. The monoisotopic (exact) mass is 261 g/mol. The Morgan fingerprint density at radius 1 is 1.19 bits per heavy atom. The summed E-state index contributed by atoms with van der Waals surface area (Å²) in [5.41, 5.74) is 6.10. The Balaban J connectivity index is 0.00000128. The zero-order chi connectivity index (χ0) is 10.9. The molecule has 1 fully saturated rings. The van der Waals surface area contributed by atoms with Crippen LogP contribution in [0.2, 0.25) is 0 Å². The number of hydrogen-bond donors (Lipinski definition) is 1. The molecule has 2 rings (SSSR count). The Morgan fingerprint density at radius 2 is 1.81 bits per heavy atom. The van der Waals surface area contributed by atoms with Crippen LogP contribution in [0.25, 0.3) is 0 Å². The summed E-state index contributed by atoms with van der Waals surface area (Å²) in [5, 5.41) is -0.195. The van der Waals surface area contributed by atoms with Crippen molar-refractivity contribution in [1.82, 2.24) is 0 Å². The normalized spacial score (nSPS) is 17.0. The van der Waals surface area contributed by atoms with E-state index >= 15 is 0 Å². The highest BCUT2D eigenvalue weighted by Crippen LogP contribution is 2.29. The third kappa shape index (κ3) is 2.50. The summed E-state index contributed by atoms with van der Waals surface area (Å²) in [4.78, 5) is 0.370. The van der Waals surface area contributed by atoms with E-state index in [0.29, 0.717) is 10.6 Å². The summed E-state index contributed by atoms with van der Waals surface area (Å²) in [6, 6.07) is 6.57. The molecule has 2 N–H and O–H groups in total. The molecule has 90 valence electrons. The topological polar surface area (TPSA) is 60.2 Å². The average molecular weight is 262 g/mol. The van der Waals surface area contributed by atoms with Crippen molar-refractivity contribution in [1.29, 1.82) is 0 Å². The largest absolute Gasteiger partial charge is 0.399 e. The van der Waals surface area contributed by atoms with Crippen LogP contribution in [0, 0.1) is 0 Å². The minimum atomic E-state index is -3.14. The highest BCUT2D eigenvalue weighted by Gasteiger charge is 2.30. The first kappa shape index (κ1) is 13.3. The summed E-state index contributed by atoms with van der Waals surface area (Å²) >= 11 is 0. The second kappa shape index (κ2) is 5.06. The predicted molar refractivity (Wildman–Crippen MR) is 67.5 cm³/mol. The summed E-state index contributed by atoms with van der Waals surface area (Å²) in [5.74, 6) is 0. The second-order valence-electron chi connectivity index (χ2n) is 4.02. The molecule has 1 aromatic carbocycles. The molecule has 1 aliphatic carbocycles. The van der Waals surface area contributed by atoms with Crippen molar-refractivity contribution in [3.05, 3.63) is 24.3 Å². The first-order valence-electron chi connectivity index (χ1n) is 5.20. The highest BCUT2D eigenvalue weighted by atomic mass is 35.5. The van der Waals surface area contributed by atoms with Crippen LogP contribution in [0.1, 0.15) is 25.7 Å². The molecule has 1 aliphatic rings. The van der Waals surface area contributed by atoms with Crippen molar-refractivity contribution in [2.45, 2.75) is 35.8 Å². The fraction of sp³-hybridized carbons (Fsp3) is 0.455. The summed E-state index contributed by atoms with van der Waals surface area (Å²) < 4.78 is 24.3. The number of benzene rings is 1. The maximum Gasteiger partial charge on any atom is 0.181 e. The van der Waals surface area contributed by atoms with Crippen LogP contribution >= 0.6 is 12.4 Å². The van der Waals surface area contributed by atoms with Crippen LogP contribution in [0.4, 0.5) is 5.69 Å². The molecule has 16 heavy (non-hydrogen) atoms. The van der Waals surface area contributed by atoms with Crippen molar-refractivity contribution < 1.29 is 8.42 Å².